The quantitative estimate of drug-likeness (QED) is 0.671. The van der Waals surface area contributed by atoms with Crippen molar-refractivity contribution < 1.29 is 14.3 Å². The second-order valence-electron chi connectivity index (χ2n) is 6.80. The minimum atomic E-state index is -0.196. The molecule has 2 amide bonds. The highest BCUT2D eigenvalue weighted by Crippen LogP contribution is 2.23. The number of anilines is 1. The molecule has 152 valence electrons. The Hall–Kier alpha value is -1.79. The van der Waals surface area contributed by atoms with Gasteiger partial charge in [0.05, 0.1) is 19.3 Å². The van der Waals surface area contributed by atoms with Crippen LogP contribution in [0.5, 0.6) is 5.75 Å². The van der Waals surface area contributed by atoms with Crippen molar-refractivity contribution in [2.75, 3.05) is 38.6 Å². The predicted molar refractivity (Wildman–Crippen MR) is 111 cm³/mol. The molecule has 7 heteroatoms. The number of carbonyl (C=O) groups is 2. The molecule has 1 heterocycles. The SMILES string of the molecule is CCCN(CC(=O)Nc1ccccc1OC)C(=O)CCC1CCNCC1.Cl. The summed E-state index contributed by atoms with van der Waals surface area (Å²) < 4.78 is 5.25. The first-order valence-corrected chi connectivity index (χ1v) is 9.55. The summed E-state index contributed by atoms with van der Waals surface area (Å²) in [7, 11) is 1.57. The zero-order chi connectivity index (χ0) is 18.8. The summed E-state index contributed by atoms with van der Waals surface area (Å²) in [5.74, 6) is 1.10. The van der Waals surface area contributed by atoms with Crippen LogP contribution in [0.3, 0.4) is 0 Å². The molecule has 1 aromatic carbocycles. The van der Waals surface area contributed by atoms with Gasteiger partial charge in [-0.2, -0.15) is 0 Å². The van der Waals surface area contributed by atoms with Crippen LogP contribution in [0, 0.1) is 5.92 Å². The van der Waals surface area contributed by atoms with Crippen LogP contribution in [-0.4, -0.2) is 50.0 Å². The van der Waals surface area contributed by atoms with Crippen molar-refractivity contribution in [2.24, 2.45) is 5.92 Å². The molecule has 1 aromatic rings. The Morgan fingerprint density at radius 3 is 2.63 bits per heavy atom. The molecule has 1 saturated heterocycles. The van der Waals surface area contributed by atoms with E-state index in [9.17, 15) is 9.59 Å². The lowest BCUT2D eigenvalue weighted by molar-refractivity contribution is -0.135. The molecule has 1 aliphatic heterocycles. The molecule has 27 heavy (non-hydrogen) atoms. The molecule has 1 aliphatic rings. The van der Waals surface area contributed by atoms with Gasteiger partial charge in [0.2, 0.25) is 11.8 Å². The maximum atomic E-state index is 12.6. The van der Waals surface area contributed by atoms with E-state index in [0.717, 1.165) is 38.8 Å². The molecule has 0 radical (unpaired) electrons. The molecule has 0 aromatic heterocycles. The Bertz CT molecular complexity index is 592. The number of para-hydroxylation sites is 2. The monoisotopic (exact) mass is 397 g/mol. The number of nitrogens with zero attached hydrogens (tertiary/aromatic N) is 1. The predicted octanol–water partition coefficient (Wildman–Crippen LogP) is 3.07. The third kappa shape index (κ3) is 7.77. The van der Waals surface area contributed by atoms with Gasteiger partial charge in [-0.1, -0.05) is 19.1 Å². The van der Waals surface area contributed by atoms with E-state index in [-0.39, 0.29) is 30.8 Å². The van der Waals surface area contributed by atoms with Crippen molar-refractivity contribution in [1.29, 1.82) is 0 Å². The minimum absolute atomic E-state index is 0. The molecular formula is C20H32ClN3O3. The van der Waals surface area contributed by atoms with Crippen molar-refractivity contribution in [3.8, 4) is 5.75 Å². The number of amides is 2. The van der Waals surface area contributed by atoms with Gasteiger partial charge in [-0.15, -0.1) is 12.4 Å². The van der Waals surface area contributed by atoms with E-state index < -0.39 is 0 Å². The lowest BCUT2D eigenvalue weighted by atomic mass is 9.93. The van der Waals surface area contributed by atoms with Gasteiger partial charge in [0.25, 0.3) is 0 Å². The fourth-order valence-electron chi connectivity index (χ4n) is 3.33. The first-order chi connectivity index (χ1) is 12.6. The van der Waals surface area contributed by atoms with Gasteiger partial charge in [-0.3, -0.25) is 9.59 Å². The molecule has 0 unspecified atom stereocenters. The molecule has 2 N–H and O–H groups in total. The Morgan fingerprint density at radius 2 is 1.96 bits per heavy atom. The molecule has 2 rings (SSSR count). The van der Waals surface area contributed by atoms with Crippen LogP contribution in [0.1, 0.15) is 39.0 Å². The molecule has 6 nitrogen and oxygen atoms in total. The highest BCUT2D eigenvalue weighted by molar-refractivity contribution is 5.95. The van der Waals surface area contributed by atoms with Crippen molar-refractivity contribution in [2.45, 2.75) is 39.0 Å². The van der Waals surface area contributed by atoms with Crippen LogP contribution < -0.4 is 15.4 Å². The van der Waals surface area contributed by atoms with Crippen LogP contribution in [0.2, 0.25) is 0 Å². The standard InChI is InChI=1S/C20H31N3O3.ClH/c1-3-14-23(20(25)9-8-16-10-12-21-13-11-16)15-19(24)22-17-6-4-5-7-18(17)26-2;/h4-7,16,21H,3,8-15H2,1-2H3,(H,22,24);1H. The molecule has 0 aliphatic carbocycles. The van der Waals surface area contributed by atoms with Crippen LogP contribution in [-0.2, 0) is 9.59 Å². The molecule has 0 bridgehead atoms. The smallest absolute Gasteiger partial charge is 0.244 e. The number of benzene rings is 1. The van der Waals surface area contributed by atoms with Crippen molar-refractivity contribution in [1.82, 2.24) is 10.2 Å². The number of carbonyl (C=O) groups excluding carboxylic acids is 2. The summed E-state index contributed by atoms with van der Waals surface area (Å²) >= 11 is 0. The van der Waals surface area contributed by atoms with E-state index >= 15 is 0 Å². The summed E-state index contributed by atoms with van der Waals surface area (Å²) in [6.07, 6.45) is 4.53. The Morgan fingerprint density at radius 1 is 1.26 bits per heavy atom. The number of methoxy groups -OCH3 is 1. The summed E-state index contributed by atoms with van der Waals surface area (Å²) in [6.45, 7) is 4.78. The molecular weight excluding hydrogens is 366 g/mol. The minimum Gasteiger partial charge on any atom is -0.495 e. The lowest BCUT2D eigenvalue weighted by Crippen LogP contribution is -2.39. The molecule has 1 fully saturated rings. The first kappa shape index (κ1) is 23.2. The Balaban J connectivity index is 0.00000364. The summed E-state index contributed by atoms with van der Waals surface area (Å²) in [5.41, 5.74) is 0.624. The third-order valence-corrected chi connectivity index (χ3v) is 4.79. The van der Waals surface area contributed by atoms with Gasteiger partial charge in [0.1, 0.15) is 5.75 Å². The molecule has 0 atom stereocenters. The maximum Gasteiger partial charge on any atom is 0.244 e. The Labute approximate surface area is 168 Å². The number of piperidine rings is 1. The average Bonchev–Trinajstić information content (AvgIpc) is 2.67. The van der Waals surface area contributed by atoms with Gasteiger partial charge < -0.3 is 20.3 Å². The van der Waals surface area contributed by atoms with E-state index in [1.54, 1.807) is 24.1 Å². The van der Waals surface area contributed by atoms with Crippen LogP contribution >= 0.6 is 12.4 Å². The zero-order valence-corrected chi connectivity index (χ0v) is 17.1. The van der Waals surface area contributed by atoms with Gasteiger partial charge >= 0.3 is 0 Å². The number of rotatable bonds is 9. The Kier molecular flexibility index (Phi) is 10.8. The molecule has 0 spiro atoms. The van der Waals surface area contributed by atoms with Gasteiger partial charge in [-0.05, 0) is 56.8 Å². The topological polar surface area (TPSA) is 70.7 Å². The van der Waals surface area contributed by atoms with Crippen molar-refractivity contribution >= 4 is 29.9 Å². The summed E-state index contributed by atoms with van der Waals surface area (Å²) in [6, 6.07) is 7.28. The van der Waals surface area contributed by atoms with E-state index in [4.69, 9.17) is 4.74 Å². The fraction of sp³-hybridized carbons (Fsp3) is 0.600. The summed E-state index contributed by atoms with van der Waals surface area (Å²) in [4.78, 5) is 26.7. The maximum absolute atomic E-state index is 12.6. The normalized spacial score (nSPS) is 14.1. The van der Waals surface area contributed by atoms with E-state index in [2.05, 4.69) is 10.6 Å². The average molecular weight is 398 g/mol. The number of nitrogens with one attached hydrogen (secondary N) is 2. The lowest BCUT2D eigenvalue weighted by Gasteiger charge is -2.25. The van der Waals surface area contributed by atoms with Crippen molar-refractivity contribution in [3.63, 3.8) is 0 Å². The van der Waals surface area contributed by atoms with Crippen LogP contribution in [0.15, 0.2) is 24.3 Å². The third-order valence-electron chi connectivity index (χ3n) is 4.79. The summed E-state index contributed by atoms with van der Waals surface area (Å²) in [5, 5.41) is 6.19. The number of halogens is 1. The number of ether oxygens (including phenoxy) is 1. The van der Waals surface area contributed by atoms with E-state index in [0.29, 0.717) is 30.3 Å². The zero-order valence-electron chi connectivity index (χ0n) is 16.3. The molecule has 0 saturated carbocycles. The van der Waals surface area contributed by atoms with Crippen molar-refractivity contribution in [3.05, 3.63) is 24.3 Å². The van der Waals surface area contributed by atoms with Crippen LogP contribution in [0.25, 0.3) is 0 Å². The van der Waals surface area contributed by atoms with E-state index in [1.165, 1.54) is 0 Å². The largest absolute Gasteiger partial charge is 0.495 e. The second kappa shape index (κ2) is 12.6. The second-order valence-corrected chi connectivity index (χ2v) is 6.80. The highest BCUT2D eigenvalue weighted by Gasteiger charge is 2.20. The van der Waals surface area contributed by atoms with E-state index in [1.807, 2.05) is 19.1 Å². The fourth-order valence-corrected chi connectivity index (χ4v) is 3.33. The highest BCUT2D eigenvalue weighted by atomic mass is 35.5. The number of hydrogen-bond donors (Lipinski definition) is 2. The number of hydrogen-bond acceptors (Lipinski definition) is 4. The van der Waals surface area contributed by atoms with Gasteiger partial charge in [0.15, 0.2) is 0 Å². The first-order valence-electron chi connectivity index (χ1n) is 9.55. The van der Waals surface area contributed by atoms with Crippen LogP contribution in [0.4, 0.5) is 5.69 Å². The van der Waals surface area contributed by atoms with Gasteiger partial charge in [0, 0.05) is 13.0 Å². The van der Waals surface area contributed by atoms with Gasteiger partial charge in [-0.25, -0.2) is 0 Å².